The standard InChI is InChI=1S/C14H22ClN3O/c1-10(2)18-14(19)13(15)12(9-16-18)17-11-7-5-3-4-6-8-11/h9-11,17H,3-8H2,1-2H3. The highest BCUT2D eigenvalue weighted by atomic mass is 35.5. The monoisotopic (exact) mass is 283 g/mol. The summed E-state index contributed by atoms with van der Waals surface area (Å²) >= 11 is 6.17. The van der Waals surface area contributed by atoms with Crippen molar-refractivity contribution in [2.45, 2.75) is 64.5 Å². The quantitative estimate of drug-likeness (QED) is 0.862. The van der Waals surface area contributed by atoms with Crippen LogP contribution in [0.5, 0.6) is 0 Å². The van der Waals surface area contributed by atoms with Crippen molar-refractivity contribution in [2.75, 3.05) is 5.32 Å². The number of nitrogens with zero attached hydrogens (tertiary/aromatic N) is 2. The molecule has 1 N–H and O–H groups in total. The largest absolute Gasteiger partial charge is 0.380 e. The molecule has 1 fully saturated rings. The zero-order valence-electron chi connectivity index (χ0n) is 11.7. The molecule has 0 unspecified atom stereocenters. The molecule has 0 radical (unpaired) electrons. The van der Waals surface area contributed by atoms with Gasteiger partial charge in [0.25, 0.3) is 5.56 Å². The zero-order valence-corrected chi connectivity index (χ0v) is 12.4. The Morgan fingerprint density at radius 3 is 2.53 bits per heavy atom. The predicted molar refractivity (Wildman–Crippen MR) is 79.0 cm³/mol. The van der Waals surface area contributed by atoms with Crippen LogP contribution in [-0.4, -0.2) is 15.8 Å². The van der Waals surface area contributed by atoms with Gasteiger partial charge in [-0.15, -0.1) is 0 Å². The number of nitrogens with one attached hydrogen (secondary N) is 1. The van der Waals surface area contributed by atoms with E-state index in [2.05, 4.69) is 10.4 Å². The van der Waals surface area contributed by atoms with Gasteiger partial charge >= 0.3 is 0 Å². The number of halogens is 1. The molecule has 0 aliphatic heterocycles. The lowest BCUT2D eigenvalue weighted by Gasteiger charge is -2.19. The Morgan fingerprint density at radius 2 is 1.95 bits per heavy atom. The molecule has 0 saturated heterocycles. The molecule has 0 bridgehead atoms. The summed E-state index contributed by atoms with van der Waals surface area (Å²) < 4.78 is 1.42. The van der Waals surface area contributed by atoms with E-state index in [0.717, 1.165) is 12.8 Å². The maximum absolute atomic E-state index is 12.1. The topological polar surface area (TPSA) is 46.9 Å². The maximum atomic E-state index is 12.1. The van der Waals surface area contributed by atoms with E-state index in [1.165, 1.54) is 30.4 Å². The van der Waals surface area contributed by atoms with E-state index in [1.54, 1.807) is 6.20 Å². The molecule has 0 spiro atoms. The highest BCUT2D eigenvalue weighted by Crippen LogP contribution is 2.23. The number of anilines is 1. The van der Waals surface area contributed by atoms with Gasteiger partial charge in [-0.25, -0.2) is 4.68 Å². The maximum Gasteiger partial charge on any atom is 0.287 e. The summed E-state index contributed by atoms with van der Waals surface area (Å²) in [6, 6.07) is 0.438. The summed E-state index contributed by atoms with van der Waals surface area (Å²) in [6.45, 7) is 3.84. The van der Waals surface area contributed by atoms with Crippen molar-refractivity contribution >= 4 is 17.3 Å². The summed E-state index contributed by atoms with van der Waals surface area (Å²) in [4.78, 5) is 12.1. The first-order valence-corrected chi connectivity index (χ1v) is 7.51. The number of aromatic nitrogens is 2. The molecule has 1 aliphatic rings. The average Bonchev–Trinajstić information content (AvgIpc) is 2.63. The summed E-state index contributed by atoms with van der Waals surface area (Å²) in [5.74, 6) is 0. The molecule has 106 valence electrons. The normalized spacial score (nSPS) is 17.5. The molecule has 5 heteroatoms. The second-order valence-corrected chi connectivity index (χ2v) is 5.93. The minimum Gasteiger partial charge on any atom is -0.380 e. The molecular formula is C14H22ClN3O. The fraction of sp³-hybridized carbons (Fsp3) is 0.714. The van der Waals surface area contributed by atoms with E-state index in [-0.39, 0.29) is 16.6 Å². The van der Waals surface area contributed by atoms with E-state index >= 15 is 0 Å². The van der Waals surface area contributed by atoms with Gasteiger partial charge in [-0.3, -0.25) is 4.79 Å². The van der Waals surface area contributed by atoms with Crippen LogP contribution in [0, 0.1) is 0 Å². The fourth-order valence-corrected chi connectivity index (χ4v) is 2.75. The van der Waals surface area contributed by atoms with Gasteiger partial charge in [0.2, 0.25) is 0 Å². The number of hydrogen-bond acceptors (Lipinski definition) is 3. The van der Waals surface area contributed by atoms with Crippen molar-refractivity contribution in [2.24, 2.45) is 0 Å². The molecule has 1 aromatic rings. The van der Waals surface area contributed by atoms with Gasteiger partial charge in [-0.1, -0.05) is 37.3 Å². The van der Waals surface area contributed by atoms with Crippen LogP contribution in [0.1, 0.15) is 58.4 Å². The molecule has 0 aromatic carbocycles. The lowest BCUT2D eigenvalue weighted by molar-refractivity contribution is 0.502. The van der Waals surface area contributed by atoms with Crippen LogP contribution in [0.4, 0.5) is 5.69 Å². The van der Waals surface area contributed by atoms with E-state index in [1.807, 2.05) is 13.8 Å². The van der Waals surface area contributed by atoms with Crippen LogP contribution in [0.15, 0.2) is 11.0 Å². The van der Waals surface area contributed by atoms with Crippen molar-refractivity contribution < 1.29 is 0 Å². The third kappa shape index (κ3) is 3.50. The van der Waals surface area contributed by atoms with Crippen LogP contribution in [0.3, 0.4) is 0 Å². The minimum absolute atomic E-state index is 0.0249. The Bertz CT molecular complexity index is 476. The average molecular weight is 284 g/mol. The third-order valence-electron chi connectivity index (χ3n) is 3.65. The number of rotatable bonds is 3. The molecule has 1 aromatic heterocycles. The van der Waals surface area contributed by atoms with Crippen LogP contribution in [0.2, 0.25) is 5.02 Å². The van der Waals surface area contributed by atoms with Crippen molar-refractivity contribution in [3.63, 3.8) is 0 Å². The van der Waals surface area contributed by atoms with E-state index in [9.17, 15) is 4.79 Å². The molecule has 1 heterocycles. The second-order valence-electron chi connectivity index (χ2n) is 5.55. The lowest BCUT2D eigenvalue weighted by atomic mass is 10.1. The molecule has 0 amide bonds. The van der Waals surface area contributed by atoms with Crippen LogP contribution in [0.25, 0.3) is 0 Å². The molecule has 1 saturated carbocycles. The highest BCUT2D eigenvalue weighted by Gasteiger charge is 2.16. The number of hydrogen-bond donors (Lipinski definition) is 1. The SMILES string of the molecule is CC(C)n1ncc(NC2CCCCCC2)c(Cl)c1=O. The van der Waals surface area contributed by atoms with Gasteiger partial charge in [0.05, 0.1) is 17.9 Å². The van der Waals surface area contributed by atoms with Crippen molar-refractivity contribution in [3.05, 3.63) is 21.6 Å². The van der Waals surface area contributed by atoms with Gasteiger partial charge in [0.15, 0.2) is 0 Å². The Labute approximate surface area is 119 Å². The Hall–Kier alpha value is -1.03. The minimum atomic E-state index is -0.213. The zero-order chi connectivity index (χ0) is 13.8. The highest BCUT2D eigenvalue weighted by molar-refractivity contribution is 6.32. The van der Waals surface area contributed by atoms with Gasteiger partial charge in [-0.2, -0.15) is 5.10 Å². The Kier molecular flexibility index (Phi) is 4.86. The van der Waals surface area contributed by atoms with Crippen molar-refractivity contribution in [1.82, 2.24) is 9.78 Å². The van der Waals surface area contributed by atoms with E-state index in [0.29, 0.717) is 11.7 Å². The summed E-state index contributed by atoms with van der Waals surface area (Å²) in [6.07, 6.45) is 9.05. The molecule has 1 aliphatic carbocycles. The first-order valence-electron chi connectivity index (χ1n) is 7.13. The lowest BCUT2D eigenvalue weighted by Crippen LogP contribution is -2.27. The molecule has 0 atom stereocenters. The Morgan fingerprint density at radius 1 is 1.32 bits per heavy atom. The fourth-order valence-electron chi connectivity index (χ4n) is 2.56. The van der Waals surface area contributed by atoms with Gasteiger partial charge in [0, 0.05) is 6.04 Å². The first-order chi connectivity index (χ1) is 9.09. The van der Waals surface area contributed by atoms with Gasteiger partial charge < -0.3 is 5.32 Å². The summed E-state index contributed by atoms with van der Waals surface area (Å²) in [7, 11) is 0. The molecule has 4 nitrogen and oxygen atoms in total. The van der Waals surface area contributed by atoms with Crippen molar-refractivity contribution in [3.8, 4) is 0 Å². The predicted octanol–water partition coefficient (Wildman–Crippen LogP) is 3.61. The summed E-state index contributed by atoms with van der Waals surface area (Å²) in [5.41, 5.74) is 0.464. The van der Waals surface area contributed by atoms with Crippen LogP contribution < -0.4 is 10.9 Å². The second kappa shape index (κ2) is 6.42. The molecular weight excluding hydrogens is 262 g/mol. The Balaban J connectivity index is 2.16. The van der Waals surface area contributed by atoms with Gasteiger partial charge in [-0.05, 0) is 26.7 Å². The first kappa shape index (κ1) is 14.4. The van der Waals surface area contributed by atoms with Gasteiger partial charge in [0.1, 0.15) is 5.02 Å². The van der Waals surface area contributed by atoms with E-state index < -0.39 is 0 Å². The molecule has 19 heavy (non-hydrogen) atoms. The molecule has 2 rings (SSSR count). The smallest absolute Gasteiger partial charge is 0.287 e. The van der Waals surface area contributed by atoms with Crippen LogP contribution in [-0.2, 0) is 0 Å². The third-order valence-corrected chi connectivity index (χ3v) is 4.01. The summed E-state index contributed by atoms with van der Waals surface area (Å²) in [5, 5.41) is 7.83. The van der Waals surface area contributed by atoms with Crippen molar-refractivity contribution in [1.29, 1.82) is 0 Å². The van der Waals surface area contributed by atoms with Crippen LogP contribution >= 0.6 is 11.6 Å². The van der Waals surface area contributed by atoms with E-state index in [4.69, 9.17) is 11.6 Å².